The number of carbonyl (C=O) groups excluding carboxylic acids is 3. The molecule has 8 unspecified atom stereocenters. The average molecular weight is 1140 g/mol. The minimum atomic E-state index is -5.14. The number of rotatable bonds is 14. The summed E-state index contributed by atoms with van der Waals surface area (Å²) in [6, 6.07) is 14.2. The van der Waals surface area contributed by atoms with E-state index in [0.717, 1.165) is 46.6 Å². The minimum absolute atomic E-state index is 0.0242. The van der Waals surface area contributed by atoms with E-state index in [4.69, 9.17) is 14.2 Å². The van der Waals surface area contributed by atoms with Gasteiger partial charge in [0.2, 0.25) is 0 Å². The molecule has 0 spiro atoms. The van der Waals surface area contributed by atoms with Gasteiger partial charge in [0.25, 0.3) is 21.4 Å². The highest BCUT2D eigenvalue weighted by atomic mass is 127. The van der Waals surface area contributed by atoms with E-state index >= 15 is 35.1 Å². The van der Waals surface area contributed by atoms with E-state index in [9.17, 15) is 14.4 Å². The number of imide groups is 1. The Morgan fingerprint density at radius 2 is 1.20 bits per heavy atom. The summed E-state index contributed by atoms with van der Waals surface area (Å²) in [6.07, 6.45) is 8.67. The van der Waals surface area contributed by atoms with Gasteiger partial charge in [0.1, 0.15) is 22.7 Å². The summed E-state index contributed by atoms with van der Waals surface area (Å²) in [5, 5.41) is 0. The number of allylic oxidation sites excluding steroid dienone is 7. The molecular formula is C57H55F8IN2O6. The lowest BCUT2D eigenvalue weighted by Crippen LogP contribution is -2.88. The molecule has 8 atom stereocenters. The molecule has 0 aromatic heterocycles. The third-order valence-corrected chi connectivity index (χ3v) is 17.8. The van der Waals surface area contributed by atoms with E-state index in [1.807, 2.05) is 34.6 Å². The normalized spacial score (nSPS) is 31.0. The number of carbonyl (C=O) groups is 3. The Hall–Kier alpha value is -5.24. The van der Waals surface area contributed by atoms with Gasteiger partial charge >= 0.3 is 23.8 Å². The summed E-state index contributed by atoms with van der Waals surface area (Å²) in [5.74, 6) is -16.4. The molecule has 0 radical (unpaired) electrons. The molecule has 1 saturated carbocycles. The molecule has 1 saturated heterocycles. The van der Waals surface area contributed by atoms with Crippen molar-refractivity contribution in [2.45, 2.75) is 143 Å². The Bertz CT molecular complexity index is 3030. The molecule has 17 heteroatoms. The molecule has 6 aliphatic rings. The van der Waals surface area contributed by atoms with Crippen LogP contribution in [0.1, 0.15) is 141 Å². The van der Waals surface area contributed by atoms with Crippen molar-refractivity contribution < 1.29 is 63.7 Å². The first-order chi connectivity index (χ1) is 34.5. The van der Waals surface area contributed by atoms with Crippen molar-refractivity contribution in [1.82, 2.24) is 9.80 Å². The fourth-order valence-electron chi connectivity index (χ4n) is 10.8. The summed E-state index contributed by atoms with van der Waals surface area (Å²) in [5.41, 5.74) is -8.82. The molecule has 74 heavy (non-hydrogen) atoms. The molecule has 3 aliphatic carbocycles. The van der Waals surface area contributed by atoms with Gasteiger partial charge in [0.15, 0.2) is 6.23 Å². The number of alkyl halides is 9. The maximum Gasteiger partial charge on any atom is 0.406 e. The summed E-state index contributed by atoms with van der Waals surface area (Å²) < 4.78 is 144. The Kier molecular flexibility index (Phi) is 12.8. The van der Waals surface area contributed by atoms with Gasteiger partial charge in [-0.2, -0.15) is 26.3 Å². The van der Waals surface area contributed by atoms with Crippen molar-refractivity contribution in [2.75, 3.05) is 0 Å². The zero-order chi connectivity index (χ0) is 54.0. The number of hydrogen-bond acceptors (Lipinski definition) is 6. The van der Waals surface area contributed by atoms with Crippen LogP contribution < -0.4 is 0 Å². The lowest BCUT2D eigenvalue weighted by atomic mass is 9.67. The summed E-state index contributed by atoms with van der Waals surface area (Å²) >= 11 is 0.489. The topological polar surface area (TPSA) is 88.7 Å². The molecule has 3 aliphatic heterocycles. The number of fused-ring (bicyclic) bond motifs is 4. The Morgan fingerprint density at radius 3 is 1.80 bits per heavy atom. The van der Waals surface area contributed by atoms with Crippen LogP contribution in [0.25, 0.3) is 0 Å². The van der Waals surface area contributed by atoms with Crippen LogP contribution in [0, 0.1) is 5.41 Å². The van der Waals surface area contributed by atoms with Crippen LogP contribution >= 0.6 is 22.6 Å². The molecule has 3 aromatic carbocycles. The third kappa shape index (κ3) is 7.53. The first kappa shape index (κ1) is 53.6. The number of nitrogens with zero attached hydrogens (tertiary/aromatic N) is 2. The van der Waals surface area contributed by atoms with E-state index in [-0.39, 0.29) is 44.5 Å². The highest BCUT2D eigenvalue weighted by Gasteiger charge is 3.00. The zero-order valence-electron chi connectivity index (χ0n) is 41.9. The molecule has 392 valence electrons. The van der Waals surface area contributed by atoms with Gasteiger partial charge in [-0.15, -0.1) is 0 Å². The lowest BCUT2D eigenvalue weighted by molar-refractivity contribution is -0.516. The SMILES string of the molecule is CCC(C)(CC)C1=CC=CC(C)(OC2(F)C(F)(F)C(F)(I)C2(F)OC2(C)C=CC=C(N3C(=O)c4cc(C(c5ccccc5)(c5ccc6c(c5)C(=O)N(C(C)(CC)CC)C6=O)C(F)(F)F)ccc4C4OC43)C=C2)C=C1. The maximum atomic E-state index is 17.3. The largest absolute Gasteiger partial charge is 0.406 e. The molecule has 0 N–H and O–H groups in total. The van der Waals surface area contributed by atoms with Crippen molar-refractivity contribution in [3.63, 3.8) is 0 Å². The highest BCUT2D eigenvalue weighted by molar-refractivity contribution is 14.1. The second-order valence-electron chi connectivity index (χ2n) is 20.7. The lowest BCUT2D eigenvalue weighted by Gasteiger charge is -2.60. The van der Waals surface area contributed by atoms with Crippen LogP contribution in [-0.2, 0) is 19.6 Å². The van der Waals surface area contributed by atoms with Crippen molar-refractivity contribution in [3.8, 4) is 0 Å². The Labute approximate surface area is 438 Å². The third-order valence-electron chi connectivity index (χ3n) is 16.4. The van der Waals surface area contributed by atoms with Crippen LogP contribution in [0.2, 0.25) is 0 Å². The summed E-state index contributed by atoms with van der Waals surface area (Å²) in [4.78, 5) is 44.8. The van der Waals surface area contributed by atoms with Crippen LogP contribution in [0.4, 0.5) is 35.1 Å². The van der Waals surface area contributed by atoms with E-state index in [1.165, 1.54) is 91.9 Å². The second kappa shape index (κ2) is 17.7. The van der Waals surface area contributed by atoms with Gasteiger partial charge in [-0.1, -0.05) is 107 Å². The van der Waals surface area contributed by atoms with Crippen molar-refractivity contribution in [3.05, 3.63) is 178 Å². The summed E-state index contributed by atoms with van der Waals surface area (Å²) in [7, 11) is 0. The van der Waals surface area contributed by atoms with E-state index in [2.05, 4.69) is 0 Å². The highest BCUT2D eigenvalue weighted by Crippen LogP contribution is 2.72. The van der Waals surface area contributed by atoms with Gasteiger partial charge in [-0.3, -0.25) is 24.2 Å². The number of ether oxygens (including phenoxy) is 3. The zero-order valence-corrected chi connectivity index (χ0v) is 44.0. The molecule has 3 heterocycles. The van der Waals surface area contributed by atoms with Crippen LogP contribution in [0.3, 0.4) is 0 Å². The predicted molar refractivity (Wildman–Crippen MR) is 269 cm³/mol. The first-order valence-electron chi connectivity index (χ1n) is 24.5. The number of hydrogen-bond donors (Lipinski definition) is 0. The van der Waals surface area contributed by atoms with E-state index in [1.54, 1.807) is 25.1 Å². The fraction of sp³-hybridized carbons (Fsp3) is 0.421. The number of amides is 3. The molecule has 2 fully saturated rings. The fourth-order valence-corrected chi connectivity index (χ4v) is 11.7. The van der Waals surface area contributed by atoms with Crippen molar-refractivity contribution >= 4 is 40.3 Å². The number of epoxide rings is 1. The van der Waals surface area contributed by atoms with Crippen LogP contribution in [0.5, 0.6) is 0 Å². The van der Waals surface area contributed by atoms with Crippen molar-refractivity contribution in [1.29, 1.82) is 0 Å². The van der Waals surface area contributed by atoms with E-state index < -0.39 is 85.3 Å². The van der Waals surface area contributed by atoms with Gasteiger partial charge in [0.05, 0.1) is 11.1 Å². The Morgan fingerprint density at radius 1 is 0.649 bits per heavy atom. The quantitative estimate of drug-likeness (QED) is 0.0399. The van der Waals surface area contributed by atoms with Gasteiger partial charge in [0, 0.05) is 16.8 Å². The van der Waals surface area contributed by atoms with Gasteiger partial charge in [-0.25, -0.2) is 8.78 Å². The van der Waals surface area contributed by atoms with Crippen molar-refractivity contribution in [2.24, 2.45) is 5.41 Å². The number of halogens is 9. The van der Waals surface area contributed by atoms with Gasteiger partial charge < -0.3 is 14.2 Å². The van der Waals surface area contributed by atoms with E-state index in [0.29, 0.717) is 48.3 Å². The second-order valence-corrected chi connectivity index (χ2v) is 22.2. The first-order valence-corrected chi connectivity index (χ1v) is 25.6. The predicted octanol–water partition coefficient (Wildman–Crippen LogP) is 14.1. The maximum absolute atomic E-state index is 17.3. The van der Waals surface area contributed by atoms with Crippen LogP contribution in [-0.4, -0.2) is 78.0 Å². The monoisotopic (exact) mass is 1140 g/mol. The smallest absolute Gasteiger partial charge is 0.342 e. The molecule has 3 amide bonds. The molecular weight excluding hydrogens is 1090 g/mol. The molecule has 9 rings (SSSR count). The number of benzene rings is 3. The molecule has 8 nitrogen and oxygen atoms in total. The van der Waals surface area contributed by atoms with Crippen LogP contribution in [0.15, 0.2) is 139 Å². The molecule has 3 aromatic rings. The Balaban J connectivity index is 1.05. The summed E-state index contributed by atoms with van der Waals surface area (Å²) in [6.45, 7) is 13.7. The van der Waals surface area contributed by atoms with Gasteiger partial charge in [-0.05, 0) is 157 Å². The average Bonchev–Trinajstić information content (AvgIpc) is 4.17. The minimum Gasteiger partial charge on any atom is -0.342 e. The standard InChI is InChI=1S/C57H55F8IN2O6/c1-9-48(5,10-2)34-20-16-28-50(7,30-26-34)73-55(61)53(58,59)54(60,66)56(55,62)74-51(8)29-17-21-38(27-31-51)67-44(69)41-32-36(22-24-39(41)43-47(67)72-43)52(57(63,64)65,35-18-14-13-15-19-35)37-23-25-40-42(33-37)46(71)68(45(40)70)49(6,11-3)12-4/h13-33,43,47H,9-12H2,1-8H3. The molecule has 0 bridgehead atoms.